The van der Waals surface area contributed by atoms with E-state index in [-0.39, 0.29) is 29.9 Å². The van der Waals surface area contributed by atoms with E-state index in [9.17, 15) is 9.59 Å². The minimum Gasteiger partial charge on any atom is -0.465 e. The monoisotopic (exact) mass is 595 g/mol. The lowest BCUT2D eigenvalue weighted by Gasteiger charge is -2.37. The molecule has 9 nitrogen and oxygen atoms in total. The third kappa shape index (κ3) is 5.43. The number of nitrogens with two attached hydrogens (primary N) is 1. The second-order valence-electron chi connectivity index (χ2n) is 11.9. The minimum absolute atomic E-state index is 0.107. The van der Waals surface area contributed by atoms with Crippen molar-refractivity contribution in [3.63, 3.8) is 0 Å². The number of hydrogen-bond acceptors (Lipinski definition) is 7. The summed E-state index contributed by atoms with van der Waals surface area (Å²) in [7, 11) is 1.30. The van der Waals surface area contributed by atoms with Crippen LogP contribution in [0.25, 0.3) is 0 Å². The Hall–Kier alpha value is -4.31. The maximum absolute atomic E-state index is 13.0. The highest BCUT2D eigenvalue weighted by atomic mass is 16.8. The molecule has 1 aliphatic carbocycles. The Morgan fingerprint density at radius 1 is 0.909 bits per heavy atom. The third-order valence-corrected chi connectivity index (χ3v) is 8.60. The van der Waals surface area contributed by atoms with Crippen molar-refractivity contribution >= 4 is 11.9 Å². The summed E-state index contributed by atoms with van der Waals surface area (Å²) in [6, 6.07) is 30.6. The molecular formula is C35H37N3O6. The summed E-state index contributed by atoms with van der Waals surface area (Å²) >= 11 is 0. The van der Waals surface area contributed by atoms with Gasteiger partial charge in [0.05, 0.1) is 43.7 Å². The van der Waals surface area contributed by atoms with Gasteiger partial charge in [-0.15, -0.1) is 0 Å². The fourth-order valence-electron chi connectivity index (χ4n) is 6.81. The van der Waals surface area contributed by atoms with E-state index in [0.29, 0.717) is 24.4 Å². The normalized spacial score (nSPS) is 22.4. The van der Waals surface area contributed by atoms with E-state index in [2.05, 4.69) is 46.6 Å². The molecular weight excluding hydrogens is 558 g/mol. The van der Waals surface area contributed by atoms with Crippen LogP contribution in [-0.2, 0) is 35.8 Å². The molecule has 4 aromatic rings. The number of benzene rings is 3. The number of carbonyl (C=O) groups is 2. The van der Waals surface area contributed by atoms with Crippen LogP contribution in [-0.4, -0.2) is 53.8 Å². The number of rotatable bonds is 10. The largest absolute Gasteiger partial charge is 0.465 e. The molecule has 0 spiro atoms. The number of aromatic nitrogens is 2. The number of nitrogens with one attached hydrogen (secondary N) is 1. The van der Waals surface area contributed by atoms with Gasteiger partial charge in [-0.25, -0.2) is 4.79 Å². The first-order valence-electron chi connectivity index (χ1n) is 14.8. The molecule has 1 saturated heterocycles. The molecule has 1 aromatic heterocycles. The summed E-state index contributed by atoms with van der Waals surface area (Å²) in [6.45, 7) is 4.10. The lowest BCUT2D eigenvalue weighted by molar-refractivity contribution is -0.162. The second-order valence-corrected chi connectivity index (χ2v) is 11.9. The van der Waals surface area contributed by atoms with Crippen molar-refractivity contribution in [2.45, 2.75) is 56.2 Å². The van der Waals surface area contributed by atoms with E-state index in [1.165, 1.54) is 7.11 Å². The fourth-order valence-corrected chi connectivity index (χ4v) is 6.81. The highest BCUT2D eigenvalue weighted by Gasteiger charge is 2.56. The molecule has 2 aliphatic rings. The summed E-state index contributed by atoms with van der Waals surface area (Å²) in [4.78, 5) is 24.7. The zero-order valence-corrected chi connectivity index (χ0v) is 25.1. The summed E-state index contributed by atoms with van der Waals surface area (Å²) < 4.78 is 25.2. The zero-order chi connectivity index (χ0) is 30.9. The average molecular weight is 596 g/mol. The predicted octanol–water partition coefficient (Wildman–Crippen LogP) is 4.86. The molecule has 0 bridgehead atoms. The molecule has 1 aliphatic heterocycles. The van der Waals surface area contributed by atoms with Crippen molar-refractivity contribution in [2.75, 3.05) is 13.7 Å². The Morgan fingerprint density at radius 2 is 1.43 bits per heavy atom. The first-order valence-corrected chi connectivity index (χ1v) is 14.8. The molecule has 228 valence electrons. The predicted molar refractivity (Wildman–Crippen MR) is 163 cm³/mol. The fraction of sp³-hybridized carbons (Fsp3) is 0.343. The lowest BCUT2D eigenvalue weighted by atomic mass is 9.80. The smallest absolute Gasteiger partial charge is 0.341 e. The summed E-state index contributed by atoms with van der Waals surface area (Å²) in [6.07, 6.45) is -0.310. The van der Waals surface area contributed by atoms with Crippen LogP contribution in [0.5, 0.6) is 0 Å². The Balaban J connectivity index is 1.40. The van der Waals surface area contributed by atoms with Crippen molar-refractivity contribution in [1.82, 2.24) is 10.2 Å². The Morgan fingerprint density at radius 3 is 1.93 bits per heavy atom. The molecule has 2 heterocycles. The van der Waals surface area contributed by atoms with Gasteiger partial charge in [-0.2, -0.15) is 5.10 Å². The van der Waals surface area contributed by atoms with Crippen molar-refractivity contribution in [1.29, 1.82) is 0 Å². The standard InChI is InChI=1S/C35H37N3O6/c1-34(2)43-31-22(19-26(32(31)44-34)30-29(33(40)41-3)27(37-38-30)20-28(36)39)21-42-35(23-13-7-4-8-14-23,24-15-9-5-10-16-24)25-17-11-6-12-18-25/h4-18,22,26,31-32H,19-21H2,1-3H3,(H2,36,39)(H,37,38)/t22-,26+,31-,32+/m1/s1. The molecule has 2 fully saturated rings. The van der Waals surface area contributed by atoms with E-state index in [1.54, 1.807) is 0 Å². The van der Waals surface area contributed by atoms with Crippen molar-refractivity contribution in [3.05, 3.63) is 125 Å². The minimum atomic E-state index is -0.898. The van der Waals surface area contributed by atoms with Gasteiger partial charge in [0.2, 0.25) is 5.91 Å². The quantitative estimate of drug-likeness (QED) is 0.198. The number of methoxy groups -OCH3 is 1. The summed E-state index contributed by atoms with van der Waals surface area (Å²) in [5, 5.41) is 7.36. The van der Waals surface area contributed by atoms with Gasteiger partial charge in [0.1, 0.15) is 11.2 Å². The van der Waals surface area contributed by atoms with Gasteiger partial charge in [-0.05, 0) is 37.0 Å². The lowest BCUT2D eigenvalue weighted by Crippen LogP contribution is -2.37. The number of ether oxygens (including phenoxy) is 4. The summed E-state index contributed by atoms with van der Waals surface area (Å²) in [5.74, 6) is -2.44. The molecule has 3 aromatic carbocycles. The molecule has 0 unspecified atom stereocenters. The maximum Gasteiger partial charge on any atom is 0.341 e. The van der Waals surface area contributed by atoms with Crippen LogP contribution < -0.4 is 5.73 Å². The average Bonchev–Trinajstić information content (AvgIpc) is 3.69. The molecule has 1 saturated carbocycles. The van der Waals surface area contributed by atoms with E-state index >= 15 is 0 Å². The number of amides is 1. The number of nitrogens with zero attached hydrogens (tertiary/aromatic N) is 1. The van der Waals surface area contributed by atoms with Gasteiger partial charge in [0.25, 0.3) is 0 Å². The van der Waals surface area contributed by atoms with Gasteiger partial charge in [-0.1, -0.05) is 91.0 Å². The highest BCUT2D eigenvalue weighted by molar-refractivity contribution is 5.93. The van der Waals surface area contributed by atoms with E-state index < -0.39 is 29.4 Å². The molecule has 4 atom stereocenters. The molecule has 6 rings (SSSR count). The Bertz CT molecular complexity index is 1510. The van der Waals surface area contributed by atoms with Crippen molar-refractivity contribution in [3.8, 4) is 0 Å². The Kier molecular flexibility index (Phi) is 8.11. The number of fused-ring (bicyclic) bond motifs is 1. The van der Waals surface area contributed by atoms with Crippen molar-refractivity contribution in [2.24, 2.45) is 11.7 Å². The van der Waals surface area contributed by atoms with Crippen LogP contribution in [0.4, 0.5) is 0 Å². The third-order valence-electron chi connectivity index (χ3n) is 8.60. The van der Waals surface area contributed by atoms with Crippen molar-refractivity contribution < 1.29 is 28.5 Å². The molecule has 9 heteroatoms. The van der Waals surface area contributed by atoms with Gasteiger partial charge < -0.3 is 24.7 Å². The van der Waals surface area contributed by atoms with E-state index in [0.717, 1.165) is 16.7 Å². The topological polar surface area (TPSA) is 126 Å². The van der Waals surface area contributed by atoms with E-state index in [1.807, 2.05) is 68.4 Å². The Labute approximate surface area is 256 Å². The number of primary amides is 1. The number of esters is 1. The van der Waals surface area contributed by atoms with Gasteiger partial charge in [0.15, 0.2) is 5.79 Å². The van der Waals surface area contributed by atoms with Gasteiger partial charge in [0, 0.05) is 11.8 Å². The maximum atomic E-state index is 13.0. The highest BCUT2D eigenvalue weighted by Crippen LogP contribution is 2.51. The van der Waals surface area contributed by atoms with Crippen LogP contribution in [0.2, 0.25) is 0 Å². The molecule has 3 N–H and O–H groups in total. The van der Waals surface area contributed by atoms with E-state index in [4.69, 9.17) is 24.7 Å². The second kappa shape index (κ2) is 12.0. The number of H-pyrrole nitrogens is 1. The van der Waals surface area contributed by atoms with Crippen LogP contribution in [0.3, 0.4) is 0 Å². The van der Waals surface area contributed by atoms with Crippen LogP contribution >= 0.6 is 0 Å². The van der Waals surface area contributed by atoms with Crippen LogP contribution in [0.15, 0.2) is 91.0 Å². The van der Waals surface area contributed by atoms with Crippen LogP contribution in [0.1, 0.15) is 64.6 Å². The van der Waals surface area contributed by atoms with Gasteiger partial charge in [-0.3, -0.25) is 9.89 Å². The molecule has 0 radical (unpaired) electrons. The number of hydrogen-bond donors (Lipinski definition) is 2. The number of carbonyl (C=O) groups excluding carboxylic acids is 2. The molecule has 1 amide bonds. The molecule has 44 heavy (non-hydrogen) atoms. The first-order chi connectivity index (χ1) is 21.2. The SMILES string of the molecule is COC(=O)c1c([C@@H]2C[C@H](COC(c3ccccc3)(c3ccccc3)c3ccccc3)[C@H]3OC(C)(C)O[C@H]32)n[nH]c1CC(N)=O. The number of aromatic amines is 1. The van der Waals surface area contributed by atoms with Crippen LogP contribution in [0, 0.1) is 5.92 Å². The summed E-state index contributed by atoms with van der Waals surface area (Å²) in [5.41, 5.74) is 8.60. The zero-order valence-electron chi connectivity index (χ0n) is 25.1. The first kappa shape index (κ1) is 29.7. The van der Waals surface area contributed by atoms with Gasteiger partial charge >= 0.3 is 5.97 Å².